The van der Waals surface area contributed by atoms with Crippen molar-refractivity contribution in [1.29, 1.82) is 0 Å². The molecule has 1 saturated carbocycles. The number of rotatable bonds is 10. The van der Waals surface area contributed by atoms with Crippen LogP contribution < -0.4 is 0 Å². The molecule has 2 aliphatic carbocycles. The number of carboxylic acid groups (broad SMARTS) is 1. The quantitative estimate of drug-likeness (QED) is 0.368. The molecule has 1 N–H and O–H groups in total. The molecule has 33 heavy (non-hydrogen) atoms. The number of carboxylic acids is 1. The molecule has 4 rings (SSSR count). The van der Waals surface area contributed by atoms with Crippen LogP contribution in [0.4, 0.5) is 0 Å². The molecule has 0 amide bonds. The minimum atomic E-state index is -1.05. The van der Waals surface area contributed by atoms with E-state index in [1.165, 1.54) is 74.3 Å². The van der Waals surface area contributed by atoms with Crippen molar-refractivity contribution in [2.45, 2.75) is 85.0 Å². The number of hydrogen-bond donors (Lipinski definition) is 1. The largest absolute Gasteiger partial charge is 0.475 e. The average Bonchev–Trinajstić information content (AvgIpc) is 3.39. The third-order valence-corrected chi connectivity index (χ3v) is 7.16. The van der Waals surface area contributed by atoms with Gasteiger partial charge in [-0.1, -0.05) is 71.4 Å². The summed E-state index contributed by atoms with van der Waals surface area (Å²) in [6, 6.07) is 3.19. The van der Waals surface area contributed by atoms with Gasteiger partial charge in [-0.05, 0) is 66.5 Å². The number of aliphatic imine (C=N–C) groups is 1. The first kappa shape index (κ1) is 23.5. The topological polar surface area (TPSA) is 62.8 Å². The number of aromatic carboxylic acids is 1. The van der Waals surface area contributed by atoms with Gasteiger partial charge in [0.25, 0.3) is 0 Å². The van der Waals surface area contributed by atoms with Crippen LogP contribution in [0.3, 0.4) is 0 Å². The Balaban J connectivity index is 1.56. The molecule has 1 atom stereocenters. The maximum Gasteiger partial charge on any atom is 0.371 e. The summed E-state index contributed by atoms with van der Waals surface area (Å²) in [6.45, 7) is 6.95. The van der Waals surface area contributed by atoms with Crippen LogP contribution in [0.25, 0.3) is 6.08 Å². The van der Waals surface area contributed by atoms with E-state index in [1.54, 1.807) is 6.07 Å². The van der Waals surface area contributed by atoms with E-state index < -0.39 is 5.97 Å². The smallest absolute Gasteiger partial charge is 0.371 e. The number of carbonyl (C=O) groups is 1. The molecule has 2 heterocycles. The van der Waals surface area contributed by atoms with Gasteiger partial charge in [0, 0.05) is 17.2 Å². The minimum absolute atomic E-state index is 0.0392. The first-order valence-corrected chi connectivity index (χ1v) is 12.6. The predicted molar refractivity (Wildman–Crippen MR) is 134 cm³/mol. The fraction of sp³-hybridized carbons (Fsp3) is 0.517. The summed E-state index contributed by atoms with van der Waals surface area (Å²) in [4.78, 5) is 16.3. The summed E-state index contributed by atoms with van der Waals surface area (Å²) in [5, 5.41) is 9.10. The monoisotopic (exact) mass is 447 g/mol. The molecule has 1 aliphatic heterocycles. The summed E-state index contributed by atoms with van der Waals surface area (Å²) in [7, 11) is 0. The van der Waals surface area contributed by atoms with E-state index >= 15 is 0 Å². The molecule has 0 spiro atoms. The standard InChI is InChI=1S/C29H37NO3/c1-4-5-6-7-8-9-10-20-11-12-21(13-14-22-15-16-25(33-22)28(31)32)27-26(20)23-17-18-29(2,3)19-24(23)30-27/h11-16,20H,4-10,17-19H2,1-3H3,(H,31,32). The van der Waals surface area contributed by atoms with E-state index in [-0.39, 0.29) is 5.76 Å². The van der Waals surface area contributed by atoms with Crippen LogP contribution in [0, 0.1) is 11.3 Å². The highest BCUT2D eigenvalue weighted by molar-refractivity contribution is 6.06. The van der Waals surface area contributed by atoms with E-state index in [0.717, 1.165) is 24.1 Å². The second-order valence-electron chi connectivity index (χ2n) is 10.5. The maximum atomic E-state index is 11.1. The van der Waals surface area contributed by atoms with Gasteiger partial charge in [0.1, 0.15) is 5.76 Å². The first-order chi connectivity index (χ1) is 15.9. The van der Waals surface area contributed by atoms with Gasteiger partial charge >= 0.3 is 5.97 Å². The van der Waals surface area contributed by atoms with Gasteiger partial charge in [-0.15, -0.1) is 0 Å². The van der Waals surface area contributed by atoms with Gasteiger partial charge in [-0.2, -0.15) is 0 Å². The molecular weight excluding hydrogens is 410 g/mol. The van der Waals surface area contributed by atoms with Crippen molar-refractivity contribution >= 4 is 17.8 Å². The molecular formula is C29H37NO3. The Morgan fingerprint density at radius 1 is 1.18 bits per heavy atom. The fourth-order valence-electron chi connectivity index (χ4n) is 5.25. The Morgan fingerprint density at radius 2 is 1.97 bits per heavy atom. The summed E-state index contributed by atoms with van der Waals surface area (Å²) < 4.78 is 5.40. The highest BCUT2D eigenvalue weighted by atomic mass is 16.4. The number of allylic oxidation sites excluding steroid dienone is 6. The Morgan fingerprint density at radius 3 is 2.73 bits per heavy atom. The molecule has 176 valence electrons. The Hall–Kier alpha value is -2.62. The summed E-state index contributed by atoms with van der Waals surface area (Å²) in [5.74, 6) is -0.0974. The molecule has 1 aromatic rings. The van der Waals surface area contributed by atoms with Crippen LogP contribution in [-0.4, -0.2) is 16.8 Å². The molecule has 0 saturated heterocycles. The molecule has 3 aliphatic rings. The van der Waals surface area contributed by atoms with Gasteiger partial charge < -0.3 is 9.52 Å². The highest BCUT2D eigenvalue weighted by Crippen LogP contribution is 2.47. The fourth-order valence-corrected chi connectivity index (χ4v) is 5.25. The van der Waals surface area contributed by atoms with Gasteiger partial charge in [-0.3, -0.25) is 4.99 Å². The molecule has 0 radical (unpaired) electrons. The van der Waals surface area contributed by atoms with E-state index in [2.05, 4.69) is 32.9 Å². The van der Waals surface area contributed by atoms with E-state index in [9.17, 15) is 4.79 Å². The average molecular weight is 448 g/mol. The zero-order chi connectivity index (χ0) is 23.4. The third kappa shape index (κ3) is 5.48. The van der Waals surface area contributed by atoms with Gasteiger partial charge in [0.15, 0.2) is 0 Å². The van der Waals surface area contributed by atoms with Gasteiger partial charge in [0.2, 0.25) is 5.76 Å². The van der Waals surface area contributed by atoms with Crippen LogP contribution in [0.2, 0.25) is 0 Å². The zero-order valence-electron chi connectivity index (χ0n) is 20.3. The maximum absolute atomic E-state index is 11.1. The summed E-state index contributed by atoms with van der Waals surface area (Å²) in [5.41, 5.74) is 6.73. The van der Waals surface area contributed by atoms with Crippen molar-refractivity contribution < 1.29 is 14.3 Å². The molecule has 1 fully saturated rings. The Labute approximate surface area is 197 Å². The van der Waals surface area contributed by atoms with Gasteiger partial charge in [0.05, 0.1) is 5.70 Å². The van der Waals surface area contributed by atoms with Crippen molar-refractivity contribution in [3.63, 3.8) is 0 Å². The SMILES string of the molecule is CCCCCCCCC1C=CC(C=Cc2ccc(C(=O)O)o2)=C2N=C3CC(C)(C)CCC3=C21. The normalized spacial score (nSPS) is 21.5. The first-order valence-electron chi connectivity index (χ1n) is 12.6. The molecule has 1 aromatic heterocycles. The number of furan rings is 1. The third-order valence-electron chi connectivity index (χ3n) is 7.16. The van der Waals surface area contributed by atoms with Crippen LogP contribution in [0.15, 0.2) is 62.2 Å². The zero-order valence-corrected chi connectivity index (χ0v) is 20.3. The summed E-state index contributed by atoms with van der Waals surface area (Å²) in [6.07, 6.45) is 20.9. The van der Waals surface area contributed by atoms with Crippen LogP contribution in [0.1, 0.15) is 101 Å². The predicted octanol–water partition coefficient (Wildman–Crippen LogP) is 8.14. The second kappa shape index (κ2) is 10.1. The number of hydrogen-bond acceptors (Lipinski definition) is 3. The number of unbranched alkanes of at least 4 members (excludes halogenated alkanes) is 5. The molecule has 1 unspecified atom stereocenters. The lowest BCUT2D eigenvalue weighted by molar-refractivity contribution is 0.0662. The van der Waals surface area contributed by atoms with E-state index in [1.807, 2.05) is 12.2 Å². The highest BCUT2D eigenvalue weighted by Gasteiger charge is 2.37. The number of fused-ring (bicyclic) bond motifs is 2. The van der Waals surface area contributed by atoms with Crippen LogP contribution in [0.5, 0.6) is 0 Å². The Kier molecular flexibility index (Phi) is 7.21. The second-order valence-corrected chi connectivity index (χ2v) is 10.5. The van der Waals surface area contributed by atoms with Crippen molar-refractivity contribution in [1.82, 2.24) is 0 Å². The van der Waals surface area contributed by atoms with E-state index in [4.69, 9.17) is 14.5 Å². The molecule has 0 bridgehead atoms. The van der Waals surface area contributed by atoms with Crippen LogP contribution in [-0.2, 0) is 0 Å². The molecule has 4 nitrogen and oxygen atoms in total. The minimum Gasteiger partial charge on any atom is -0.475 e. The molecule has 0 aromatic carbocycles. The van der Waals surface area contributed by atoms with Crippen molar-refractivity contribution in [3.05, 3.63) is 64.3 Å². The lowest BCUT2D eigenvalue weighted by atomic mass is 9.72. The van der Waals surface area contributed by atoms with Gasteiger partial charge in [-0.25, -0.2) is 4.79 Å². The lowest BCUT2D eigenvalue weighted by Crippen LogP contribution is -2.24. The van der Waals surface area contributed by atoms with Crippen molar-refractivity contribution in [2.24, 2.45) is 16.3 Å². The van der Waals surface area contributed by atoms with E-state index in [0.29, 0.717) is 17.1 Å². The summed E-state index contributed by atoms with van der Waals surface area (Å²) >= 11 is 0. The van der Waals surface area contributed by atoms with Crippen LogP contribution >= 0.6 is 0 Å². The lowest BCUT2D eigenvalue weighted by Gasteiger charge is -2.31. The number of nitrogens with zero attached hydrogens (tertiary/aromatic N) is 1. The van der Waals surface area contributed by atoms with Crippen molar-refractivity contribution in [2.75, 3.05) is 0 Å². The molecule has 4 heteroatoms. The van der Waals surface area contributed by atoms with Crippen molar-refractivity contribution in [3.8, 4) is 0 Å². The Bertz CT molecular complexity index is 1040.